The molecule has 0 bridgehead atoms. The fourth-order valence-corrected chi connectivity index (χ4v) is 8.54. The van der Waals surface area contributed by atoms with Gasteiger partial charge in [-0.15, -0.1) is 0 Å². The van der Waals surface area contributed by atoms with Crippen LogP contribution in [0.3, 0.4) is 0 Å². The van der Waals surface area contributed by atoms with Crippen LogP contribution in [-0.4, -0.2) is 0 Å². The van der Waals surface area contributed by atoms with Crippen LogP contribution in [0.4, 0.5) is 0 Å². The minimum absolute atomic E-state index is 0.908. The summed E-state index contributed by atoms with van der Waals surface area (Å²) in [6.45, 7) is 0. The zero-order chi connectivity index (χ0) is 33.5. The highest BCUT2D eigenvalue weighted by atomic mass is 16.3. The molecule has 0 saturated carbocycles. The van der Waals surface area contributed by atoms with Gasteiger partial charge in [-0.1, -0.05) is 158 Å². The van der Waals surface area contributed by atoms with Crippen LogP contribution >= 0.6 is 0 Å². The molecule has 0 spiro atoms. The summed E-state index contributed by atoms with van der Waals surface area (Å²) < 4.78 is 6.56. The molecule has 1 heteroatoms. The fraction of sp³-hybridized carbons (Fsp3) is 0. The molecule has 0 atom stereocenters. The maximum absolute atomic E-state index is 6.56. The average molecular weight is 647 g/mol. The Morgan fingerprint density at radius 3 is 1.61 bits per heavy atom. The van der Waals surface area contributed by atoms with Crippen molar-refractivity contribution in [2.75, 3.05) is 0 Å². The summed E-state index contributed by atoms with van der Waals surface area (Å²) in [7, 11) is 0. The van der Waals surface area contributed by atoms with Gasteiger partial charge in [0.25, 0.3) is 0 Å². The summed E-state index contributed by atoms with van der Waals surface area (Å²) in [6, 6.07) is 66.3. The van der Waals surface area contributed by atoms with Gasteiger partial charge in [-0.05, 0) is 112 Å². The van der Waals surface area contributed by atoms with Crippen molar-refractivity contribution in [2.24, 2.45) is 0 Å². The van der Waals surface area contributed by atoms with Crippen LogP contribution in [-0.2, 0) is 0 Å². The van der Waals surface area contributed by atoms with Gasteiger partial charge in [-0.3, -0.25) is 0 Å². The van der Waals surface area contributed by atoms with E-state index >= 15 is 0 Å². The predicted molar refractivity (Wildman–Crippen MR) is 218 cm³/mol. The minimum atomic E-state index is 0.908. The Labute approximate surface area is 294 Å². The van der Waals surface area contributed by atoms with Crippen LogP contribution in [0.15, 0.2) is 186 Å². The molecule has 0 fully saturated rings. The van der Waals surface area contributed by atoms with Crippen molar-refractivity contribution in [3.8, 4) is 33.4 Å². The molecule has 1 heterocycles. The van der Waals surface area contributed by atoms with E-state index < -0.39 is 0 Å². The molecule has 11 aromatic rings. The van der Waals surface area contributed by atoms with Crippen molar-refractivity contribution >= 4 is 75.8 Å². The van der Waals surface area contributed by atoms with E-state index in [4.69, 9.17) is 4.42 Å². The Bertz CT molecular complexity index is 3130. The number of furan rings is 1. The molecular weight excluding hydrogens is 617 g/mol. The Morgan fingerprint density at radius 1 is 0.275 bits per heavy atom. The van der Waals surface area contributed by atoms with E-state index in [2.05, 4.69) is 182 Å². The number of fused-ring (bicyclic) bond motifs is 9. The highest BCUT2D eigenvalue weighted by molar-refractivity contribution is 6.28. The topological polar surface area (TPSA) is 13.1 Å². The number of hydrogen-bond donors (Lipinski definition) is 0. The van der Waals surface area contributed by atoms with Gasteiger partial charge >= 0.3 is 0 Å². The van der Waals surface area contributed by atoms with Gasteiger partial charge in [0, 0.05) is 10.8 Å². The van der Waals surface area contributed by atoms with Crippen LogP contribution in [0, 0.1) is 0 Å². The van der Waals surface area contributed by atoms with Crippen molar-refractivity contribution in [1.29, 1.82) is 0 Å². The lowest BCUT2D eigenvalue weighted by atomic mass is 9.83. The number of rotatable bonds is 3. The van der Waals surface area contributed by atoms with Gasteiger partial charge in [0.05, 0.1) is 0 Å². The lowest BCUT2D eigenvalue weighted by Gasteiger charge is -2.19. The van der Waals surface area contributed by atoms with Gasteiger partial charge in [-0.25, -0.2) is 0 Å². The first-order valence-corrected chi connectivity index (χ1v) is 17.6. The summed E-state index contributed by atoms with van der Waals surface area (Å²) in [5.74, 6) is 0. The fourth-order valence-electron chi connectivity index (χ4n) is 8.54. The van der Waals surface area contributed by atoms with E-state index in [1.807, 2.05) is 0 Å². The average Bonchev–Trinajstić information content (AvgIpc) is 3.56. The molecule has 0 aliphatic rings. The normalized spacial score (nSPS) is 11.9. The van der Waals surface area contributed by atoms with E-state index in [1.54, 1.807) is 0 Å². The summed E-state index contributed by atoms with van der Waals surface area (Å²) in [5.41, 5.74) is 9.23. The summed E-state index contributed by atoms with van der Waals surface area (Å²) in [6.07, 6.45) is 0. The molecule has 0 unspecified atom stereocenters. The van der Waals surface area contributed by atoms with Gasteiger partial charge in [0.15, 0.2) is 0 Å². The van der Waals surface area contributed by atoms with E-state index in [0.717, 1.165) is 21.9 Å². The summed E-state index contributed by atoms with van der Waals surface area (Å²) >= 11 is 0. The quantitative estimate of drug-likeness (QED) is 0.138. The van der Waals surface area contributed by atoms with Crippen molar-refractivity contribution in [1.82, 2.24) is 0 Å². The van der Waals surface area contributed by atoms with Crippen molar-refractivity contribution in [3.05, 3.63) is 182 Å². The molecule has 0 N–H and O–H groups in total. The second-order valence-electron chi connectivity index (χ2n) is 13.6. The first kappa shape index (κ1) is 28.2. The molecule has 236 valence electrons. The Morgan fingerprint density at radius 2 is 0.863 bits per heavy atom. The highest BCUT2D eigenvalue weighted by Gasteiger charge is 2.21. The molecular formula is C50H30O. The van der Waals surface area contributed by atoms with E-state index in [-0.39, 0.29) is 0 Å². The standard InChI is InChI=1S/C50H30O/c1-2-12-31(13-3-1)35-25-24-32-26-27-37-36(44(32)28-35)20-10-21-38(37)48-39-16-6-8-18-41(39)49(42-19-9-7-17-40(42)48)43-22-11-23-46-50(43)45-29-33-14-4-5-15-34(33)30-47(45)51-46/h1-30H. The highest BCUT2D eigenvalue weighted by Crippen LogP contribution is 2.48. The molecule has 0 radical (unpaired) electrons. The SMILES string of the molecule is c1ccc(-c2ccc3ccc4c(-c5c6ccccc6c(-c6cccc7oc8cc9ccccc9cc8c67)c6ccccc56)cccc4c3c2)cc1. The van der Waals surface area contributed by atoms with Gasteiger partial charge in [-0.2, -0.15) is 0 Å². The molecule has 11 rings (SSSR count). The maximum Gasteiger partial charge on any atom is 0.136 e. The molecule has 10 aromatic carbocycles. The van der Waals surface area contributed by atoms with E-state index in [9.17, 15) is 0 Å². The van der Waals surface area contributed by atoms with Crippen molar-refractivity contribution < 1.29 is 4.42 Å². The largest absolute Gasteiger partial charge is 0.456 e. The molecule has 0 aliphatic carbocycles. The monoisotopic (exact) mass is 646 g/mol. The van der Waals surface area contributed by atoms with Crippen LogP contribution in [0.25, 0.3) is 109 Å². The van der Waals surface area contributed by atoms with Crippen LogP contribution in [0.1, 0.15) is 0 Å². The summed E-state index contributed by atoms with van der Waals surface area (Å²) in [4.78, 5) is 0. The molecule has 0 amide bonds. The van der Waals surface area contributed by atoms with Gasteiger partial charge in [0.2, 0.25) is 0 Å². The predicted octanol–water partition coefficient (Wildman–Crippen LogP) is 14.4. The zero-order valence-corrected chi connectivity index (χ0v) is 27.7. The minimum Gasteiger partial charge on any atom is -0.456 e. The second kappa shape index (κ2) is 10.9. The van der Waals surface area contributed by atoms with Crippen LogP contribution in [0.5, 0.6) is 0 Å². The lowest BCUT2D eigenvalue weighted by Crippen LogP contribution is -1.92. The first-order chi connectivity index (χ1) is 25.3. The zero-order valence-electron chi connectivity index (χ0n) is 27.7. The Hall–Kier alpha value is -6.70. The lowest BCUT2D eigenvalue weighted by molar-refractivity contribution is 0.669. The third-order valence-corrected chi connectivity index (χ3v) is 10.8. The number of hydrogen-bond acceptors (Lipinski definition) is 1. The van der Waals surface area contributed by atoms with Crippen molar-refractivity contribution in [2.45, 2.75) is 0 Å². The van der Waals surface area contributed by atoms with Crippen LogP contribution < -0.4 is 0 Å². The van der Waals surface area contributed by atoms with Gasteiger partial charge < -0.3 is 4.42 Å². The molecule has 0 aliphatic heterocycles. The molecule has 1 nitrogen and oxygen atoms in total. The third-order valence-electron chi connectivity index (χ3n) is 10.8. The maximum atomic E-state index is 6.56. The first-order valence-electron chi connectivity index (χ1n) is 17.6. The van der Waals surface area contributed by atoms with E-state index in [0.29, 0.717) is 0 Å². The Kier molecular flexibility index (Phi) is 6.02. The molecule has 0 saturated heterocycles. The third kappa shape index (κ3) is 4.22. The van der Waals surface area contributed by atoms with Crippen LogP contribution in [0.2, 0.25) is 0 Å². The number of benzene rings is 10. The molecule has 1 aromatic heterocycles. The Balaban J connectivity index is 1.22. The smallest absolute Gasteiger partial charge is 0.136 e. The summed E-state index contributed by atoms with van der Waals surface area (Å²) in [5, 5.41) is 14.7. The van der Waals surface area contributed by atoms with Gasteiger partial charge in [0.1, 0.15) is 11.2 Å². The van der Waals surface area contributed by atoms with E-state index in [1.165, 1.54) is 87.2 Å². The molecule has 51 heavy (non-hydrogen) atoms. The van der Waals surface area contributed by atoms with Crippen molar-refractivity contribution in [3.63, 3.8) is 0 Å². The second-order valence-corrected chi connectivity index (χ2v) is 13.6.